The average molecular weight is 298 g/mol. The molecule has 10 heteroatoms. The molecule has 0 aliphatic rings. The summed E-state index contributed by atoms with van der Waals surface area (Å²) < 4.78 is 62.2. The van der Waals surface area contributed by atoms with E-state index in [4.69, 9.17) is 5.73 Å². The van der Waals surface area contributed by atoms with Gasteiger partial charge in [0, 0.05) is 6.07 Å². The van der Waals surface area contributed by atoms with Crippen LogP contribution in [0.4, 0.5) is 18.3 Å². The Hall–Kier alpha value is -1.55. The zero-order chi connectivity index (χ0) is 13.6. The fourth-order valence-electron chi connectivity index (χ4n) is 1.15. The molecule has 5 nitrogen and oxygen atoms in total. The van der Waals surface area contributed by atoms with Crippen LogP contribution in [0.2, 0.25) is 0 Å². The molecule has 18 heavy (non-hydrogen) atoms. The summed E-state index contributed by atoms with van der Waals surface area (Å²) in [6.45, 7) is 0. The molecule has 1 aromatic heterocycles. The number of hydrogen-bond acceptors (Lipinski definition) is 6. The number of hydrogen-bond donors (Lipinski definition) is 1. The van der Waals surface area contributed by atoms with Crippen molar-refractivity contribution in [3.8, 4) is 5.75 Å². The number of nitrogen functional groups attached to an aromatic ring is 1. The molecule has 0 saturated carbocycles. The molecule has 0 fully saturated rings. The van der Waals surface area contributed by atoms with Gasteiger partial charge in [-0.3, -0.25) is 0 Å². The number of nitrogens with two attached hydrogens (primary N) is 1. The minimum atomic E-state index is -5.66. The Bertz CT molecular complexity index is 693. The van der Waals surface area contributed by atoms with E-state index in [0.717, 1.165) is 23.5 Å². The van der Waals surface area contributed by atoms with E-state index in [2.05, 4.69) is 9.17 Å². The Labute approximate surface area is 103 Å². The molecule has 2 rings (SSSR count). The molecule has 2 aromatic rings. The molecular weight excluding hydrogens is 293 g/mol. The number of rotatable bonds is 2. The summed E-state index contributed by atoms with van der Waals surface area (Å²) in [4.78, 5) is 3.87. The number of aromatic nitrogens is 1. The highest BCUT2D eigenvalue weighted by atomic mass is 32.2. The number of anilines is 1. The SMILES string of the molecule is Nc1nc2ccc(OS(=O)(=O)C(F)(F)F)cc2s1. The van der Waals surface area contributed by atoms with Crippen LogP contribution in [-0.2, 0) is 10.1 Å². The van der Waals surface area contributed by atoms with Gasteiger partial charge in [0.15, 0.2) is 5.13 Å². The first kappa shape index (κ1) is 12.9. The summed E-state index contributed by atoms with van der Waals surface area (Å²) in [7, 11) is -5.66. The lowest BCUT2D eigenvalue weighted by Crippen LogP contribution is -2.27. The molecule has 1 heterocycles. The number of alkyl halides is 3. The minimum absolute atomic E-state index is 0.223. The fourth-order valence-corrected chi connectivity index (χ4v) is 2.36. The van der Waals surface area contributed by atoms with Crippen molar-refractivity contribution in [2.24, 2.45) is 0 Å². The van der Waals surface area contributed by atoms with Gasteiger partial charge in [-0.2, -0.15) is 21.6 Å². The number of benzene rings is 1. The van der Waals surface area contributed by atoms with E-state index in [0.29, 0.717) is 10.2 Å². The van der Waals surface area contributed by atoms with Gasteiger partial charge in [0.1, 0.15) is 5.75 Å². The van der Waals surface area contributed by atoms with Gasteiger partial charge in [-0.15, -0.1) is 0 Å². The van der Waals surface area contributed by atoms with E-state index in [9.17, 15) is 21.6 Å². The lowest BCUT2D eigenvalue weighted by Gasteiger charge is -2.08. The van der Waals surface area contributed by atoms with Crippen molar-refractivity contribution in [3.63, 3.8) is 0 Å². The number of nitrogens with zero attached hydrogens (tertiary/aromatic N) is 1. The zero-order valence-electron chi connectivity index (χ0n) is 8.43. The van der Waals surface area contributed by atoms with E-state index in [1.807, 2.05) is 0 Å². The predicted octanol–water partition coefficient (Wildman–Crippen LogP) is 2.11. The summed E-state index contributed by atoms with van der Waals surface area (Å²) >= 11 is 1.01. The van der Waals surface area contributed by atoms with Crippen LogP contribution < -0.4 is 9.92 Å². The van der Waals surface area contributed by atoms with Crippen molar-refractivity contribution in [1.29, 1.82) is 0 Å². The lowest BCUT2D eigenvalue weighted by molar-refractivity contribution is -0.0500. The molecule has 0 aliphatic heterocycles. The lowest BCUT2D eigenvalue weighted by atomic mass is 10.3. The normalized spacial score (nSPS) is 12.8. The largest absolute Gasteiger partial charge is 0.534 e. The third-order valence-electron chi connectivity index (χ3n) is 1.87. The Morgan fingerprint density at radius 1 is 1.33 bits per heavy atom. The third-order valence-corrected chi connectivity index (χ3v) is 3.69. The summed E-state index contributed by atoms with van der Waals surface area (Å²) in [5.41, 5.74) is 0.395. The van der Waals surface area contributed by atoms with Crippen LogP contribution in [0.15, 0.2) is 18.2 Å². The van der Waals surface area contributed by atoms with Crippen LogP contribution in [-0.4, -0.2) is 18.9 Å². The Balaban J connectivity index is 2.38. The van der Waals surface area contributed by atoms with Gasteiger partial charge in [-0.25, -0.2) is 4.98 Å². The maximum absolute atomic E-state index is 12.1. The van der Waals surface area contributed by atoms with Crippen LogP contribution in [0.3, 0.4) is 0 Å². The molecule has 0 atom stereocenters. The van der Waals surface area contributed by atoms with Crippen LogP contribution in [0, 0.1) is 0 Å². The quantitative estimate of drug-likeness (QED) is 0.678. The summed E-state index contributed by atoms with van der Waals surface area (Å²) in [6, 6.07) is 3.53. The van der Waals surface area contributed by atoms with Crippen molar-refractivity contribution >= 4 is 36.8 Å². The van der Waals surface area contributed by atoms with E-state index < -0.39 is 21.4 Å². The van der Waals surface area contributed by atoms with Gasteiger partial charge in [0.2, 0.25) is 0 Å². The predicted molar refractivity (Wildman–Crippen MR) is 59.6 cm³/mol. The molecule has 0 aliphatic carbocycles. The number of thiazole rings is 1. The minimum Gasteiger partial charge on any atom is -0.376 e. The smallest absolute Gasteiger partial charge is 0.376 e. The maximum Gasteiger partial charge on any atom is 0.534 e. The maximum atomic E-state index is 12.1. The molecule has 1 aromatic carbocycles. The number of halogens is 3. The van der Waals surface area contributed by atoms with E-state index in [-0.39, 0.29) is 5.13 Å². The fraction of sp³-hybridized carbons (Fsp3) is 0.125. The first-order chi connectivity index (χ1) is 8.19. The highest BCUT2D eigenvalue weighted by molar-refractivity contribution is 7.88. The summed E-state index contributed by atoms with van der Waals surface area (Å²) in [5, 5.41) is 0.223. The van der Waals surface area contributed by atoms with Gasteiger partial charge in [-0.1, -0.05) is 11.3 Å². The Morgan fingerprint density at radius 2 is 2.00 bits per heavy atom. The zero-order valence-corrected chi connectivity index (χ0v) is 10.1. The second kappa shape index (κ2) is 3.99. The first-order valence-corrected chi connectivity index (χ1v) is 6.58. The molecule has 0 bridgehead atoms. The second-order valence-electron chi connectivity index (χ2n) is 3.16. The third kappa shape index (κ3) is 2.34. The van der Waals surface area contributed by atoms with Crippen LogP contribution in [0.1, 0.15) is 0 Å². The highest BCUT2D eigenvalue weighted by Gasteiger charge is 2.48. The van der Waals surface area contributed by atoms with Crippen molar-refractivity contribution in [2.45, 2.75) is 5.51 Å². The van der Waals surface area contributed by atoms with Gasteiger partial charge in [0.05, 0.1) is 10.2 Å². The Morgan fingerprint density at radius 3 is 2.61 bits per heavy atom. The molecule has 0 amide bonds. The van der Waals surface area contributed by atoms with Crippen LogP contribution in [0.25, 0.3) is 10.2 Å². The van der Waals surface area contributed by atoms with Crippen molar-refractivity contribution in [1.82, 2.24) is 4.98 Å². The van der Waals surface area contributed by atoms with Crippen molar-refractivity contribution in [3.05, 3.63) is 18.2 Å². The molecular formula is C8H5F3N2O3S2. The molecule has 2 N–H and O–H groups in total. The van der Waals surface area contributed by atoms with Crippen LogP contribution in [0.5, 0.6) is 5.75 Å². The molecule has 0 radical (unpaired) electrons. The van der Waals surface area contributed by atoms with Gasteiger partial charge in [0.25, 0.3) is 0 Å². The average Bonchev–Trinajstić information content (AvgIpc) is 2.54. The second-order valence-corrected chi connectivity index (χ2v) is 5.76. The monoisotopic (exact) mass is 298 g/mol. The summed E-state index contributed by atoms with van der Waals surface area (Å²) in [6.07, 6.45) is 0. The van der Waals surface area contributed by atoms with E-state index in [1.165, 1.54) is 6.07 Å². The Kier molecular flexibility index (Phi) is 2.86. The standard InChI is InChI=1S/C8H5F3N2O3S2/c9-8(10,11)18(14,15)16-4-1-2-5-6(3-4)17-7(12)13-5/h1-3H,(H2,12,13). The first-order valence-electron chi connectivity index (χ1n) is 4.36. The molecule has 0 spiro atoms. The molecule has 0 saturated heterocycles. The number of fused-ring (bicyclic) bond motifs is 1. The highest BCUT2D eigenvalue weighted by Crippen LogP contribution is 2.31. The molecule has 0 unspecified atom stereocenters. The van der Waals surface area contributed by atoms with Gasteiger partial charge >= 0.3 is 15.6 Å². The topological polar surface area (TPSA) is 82.3 Å². The van der Waals surface area contributed by atoms with Crippen LogP contribution >= 0.6 is 11.3 Å². The van der Waals surface area contributed by atoms with Gasteiger partial charge in [-0.05, 0) is 12.1 Å². The van der Waals surface area contributed by atoms with Crippen molar-refractivity contribution < 1.29 is 25.8 Å². The van der Waals surface area contributed by atoms with E-state index >= 15 is 0 Å². The van der Waals surface area contributed by atoms with Crippen molar-refractivity contribution in [2.75, 3.05) is 5.73 Å². The van der Waals surface area contributed by atoms with Gasteiger partial charge < -0.3 is 9.92 Å². The molecule has 98 valence electrons. The summed E-state index contributed by atoms with van der Waals surface area (Å²) in [5.74, 6) is -0.441. The van der Waals surface area contributed by atoms with E-state index in [1.54, 1.807) is 0 Å².